The van der Waals surface area contributed by atoms with Gasteiger partial charge in [-0.05, 0) is 30.4 Å². The van der Waals surface area contributed by atoms with E-state index >= 15 is 0 Å². The average Bonchev–Trinajstić information content (AvgIpc) is 2.33. The Morgan fingerprint density at radius 1 is 1.47 bits per heavy atom. The Morgan fingerprint density at radius 3 is 2.88 bits per heavy atom. The Balaban J connectivity index is 2.17. The van der Waals surface area contributed by atoms with Crippen LogP contribution in [0.25, 0.3) is 0 Å². The SMILES string of the molecule is CC1CCN(c2cc(C(=N)N)ccn2)CC1C. The molecular formula is C13H20N4. The normalized spacial score (nSPS) is 24.7. The van der Waals surface area contributed by atoms with Gasteiger partial charge in [-0.2, -0.15) is 0 Å². The molecule has 0 aliphatic carbocycles. The molecule has 4 nitrogen and oxygen atoms in total. The number of aromatic nitrogens is 1. The van der Waals surface area contributed by atoms with Gasteiger partial charge in [-0.25, -0.2) is 4.98 Å². The molecule has 1 fully saturated rings. The maximum absolute atomic E-state index is 7.45. The van der Waals surface area contributed by atoms with E-state index < -0.39 is 0 Å². The summed E-state index contributed by atoms with van der Waals surface area (Å²) in [6.07, 6.45) is 2.93. The van der Waals surface area contributed by atoms with E-state index in [0.29, 0.717) is 5.92 Å². The zero-order chi connectivity index (χ0) is 12.4. The number of anilines is 1. The van der Waals surface area contributed by atoms with Gasteiger partial charge in [0.1, 0.15) is 11.7 Å². The van der Waals surface area contributed by atoms with E-state index in [0.717, 1.165) is 30.4 Å². The standard InChI is InChI=1S/C13H20N4/c1-9-4-6-17(8-10(9)2)12-7-11(13(14)15)3-5-16-12/h3,5,7,9-10H,4,6,8H2,1-2H3,(H3,14,15). The van der Waals surface area contributed by atoms with E-state index in [1.807, 2.05) is 6.07 Å². The fraction of sp³-hybridized carbons (Fsp3) is 0.538. The lowest BCUT2D eigenvalue weighted by molar-refractivity contribution is 0.323. The van der Waals surface area contributed by atoms with E-state index in [9.17, 15) is 0 Å². The Bertz CT molecular complexity index is 416. The largest absolute Gasteiger partial charge is 0.384 e. The summed E-state index contributed by atoms with van der Waals surface area (Å²) in [4.78, 5) is 6.67. The summed E-state index contributed by atoms with van der Waals surface area (Å²) in [5, 5.41) is 7.45. The van der Waals surface area contributed by atoms with Gasteiger partial charge in [-0.15, -0.1) is 0 Å². The van der Waals surface area contributed by atoms with Gasteiger partial charge in [-0.1, -0.05) is 13.8 Å². The van der Waals surface area contributed by atoms with Gasteiger partial charge >= 0.3 is 0 Å². The first-order valence-electron chi connectivity index (χ1n) is 6.13. The fourth-order valence-corrected chi connectivity index (χ4v) is 2.23. The number of hydrogen-bond donors (Lipinski definition) is 2. The number of pyridine rings is 1. The first-order chi connectivity index (χ1) is 8.08. The highest BCUT2D eigenvalue weighted by Crippen LogP contribution is 2.25. The molecule has 0 aromatic carbocycles. The topological polar surface area (TPSA) is 66.0 Å². The number of rotatable bonds is 2. The van der Waals surface area contributed by atoms with Crippen LogP contribution in [0.1, 0.15) is 25.8 Å². The number of piperidine rings is 1. The molecular weight excluding hydrogens is 212 g/mol. The van der Waals surface area contributed by atoms with Crippen LogP contribution in [0.15, 0.2) is 18.3 Å². The maximum Gasteiger partial charge on any atom is 0.129 e. The number of nitrogens with one attached hydrogen (secondary N) is 1. The Labute approximate surface area is 102 Å². The molecule has 1 aromatic rings. The van der Waals surface area contributed by atoms with Crippen molar-refractivity contribution in [2.75, 3.05) is 18.0 Å². The molecule has 2 heterocycles. The second-order valence-corrected chi connectivity index (χ2v) is 5.01. The van der Waals surface area contributed by atoms with Gasteiger partial charge in [0.15, 0.2) is 0 Å². The summed E-state index contributed by atoms with van der Waals surface area (Å²) in [5.41, 5.74) is 6.25. The quantitative estimate of drug-likeness (QED) is 0.604. The molecule has 2 unspecified atom stereocenters. The van der Waals surface area contributed by atoms with Crippen LogP contribution >= 0.6 is 0 Å². The summed E-state index contributed by atoms with van der Waals surface area (Å²) >= 11 is 0. The average molecular weight is 232 g/mol. The second-order valence-electron chi connectivity index (χ2n) is 5.01. The highest BCUT2D eigenvalue weighted by Gasteiger charge is 2.23. The predicted octanol–water partition coefficient (Wildman–Crippen LogP) is 1.85. The minimum atomic E-state index is 0.104. The molecule has 3 N–H and O–H groups in total. The molecule has 17 heavy (non-hydrogen) atoms. The van der Waals surface area contributed by atoms with Gasteiger partial charge in [0.05, 0.1) is 0 Å². The van der Waals surface area contributed by atoms with Crippen molar-refractivity contribution in [2.45, 2.75) is 20.3 Å². The van der Waals surface area contributed by atoms with E-state index in [-0.39, 0.29) is 5.84 Å². The van der Waals surface area contributed by atoms with Crippen LogP contribution in [0.3, 0.4) is 0 Å². The molecule has 0 radical (unpaired) electrons. The number of amidine groups is 1. The van der Waals surface area contributed by atoms with Crippen molar-refractivity contribution in [3.05, 3.63) is 23.9 Å². The summed E-state index contributed by atoms with van der Waals surface area (Å²) in [7, 11) is 0. The number of nitrogen functional groups attached to an aromatic ring is 1. The first-order valence-corrected chi connectivity index (χ1v) is 6.13. The molecule has 1 saturated heterocycles. The van der Waals surface area contributed by atoms with E-state index in [1.54, 1.807) is 12.3 Å². The molecule has 0 amide bonds. The minimum absolute atomic E-state index is 0.104. The van der Waals surface area contributed by atoms with Crippen molar-refractivity contribution in [3.63, 3.8) is 0 Å². The van der Waals surface area contributed by atoms with Crippen LogP contribution in [0.2, 0.25) is 0 Å². The molecule has 92 valence electrons. The molecule has 1 aromatic heterocycles. The lowest BCUT2D eigenvalue weighted by atomic mass is 9.89. The van der Waals surface area contributed by atoms with Crippen molar-refractivity contribution >= 4 is 11.7 Å². The molecule has 0 bridgehead atoms. The lowest BCUT2D eigenvalue weighted by Crippen LogP contribution is -2.39. The van der Waals surface area contributed by atoms with Crippen molar-refractivity contribution in [1.82, 2.24) is 4.98 Å². The van der Waals surface area contributed by atoms with Crippen molar-refractivity contribution in [1.29, 1.82) is 5.41 Å². The van der Waals surface area contributed by atoms with Gasteiger partial charge in [-0.3, -0.25) is 5.41 Å². The lowest BCUT2D eigenvalue weighted by Gasteiger charge is -2.36. The molecule has 2 atom stereocenters. The van der Waals surface area contributed by atoms with Crippen LogP contribution in [0.4, 0.5) is 5.82 Å². The van der Waals surface area contributed by atoms with E-state index in [2.05, 4.69) is 23.7 Å². The number of hydrogen-bond acceptors (Lipinski definition) is 3. The molecule has 4 heteroatoms. The maximum atomic E-state index is 7.45. The zero-order valence-corrected chi connectivity index (χ0v) is 10.5. The Hall–Kier alpha value is -1.58. The first kappa shape index (κ1) is 11.9. The van der Waals surface area contributed by atoms with Crippen LogP contribution in [-0.2, 0) is 0 Å². The minimum Gasteiger partial charge on any atom is -0.384 e. The smallest absolute Gasteiger partial charge is 0.129 e. The summed E-state index contributed by atoms with van der Waals surface area (Å²) in [5.74, 6) is 2.51. The van der Waals surface area contributed by atoms with Crippen molar-refractivity contribution < 1.29 is 0 Å². The zero-order valence-electron chi connectivity index (χ0n) is 10.5. The van der Waals surface area contributed by atoms with Crippen LogP contribution < -0.4 is 10.6 Å². The third-order valence-corrected chi connectivity index (χ3v) is 3.71. The Morgan fingerprint density at radius 2 is 2.24 bits per heavy atom. The number of nitrogens with two attached hydrogens (primary N) is 1. The number of nitrogens with zero attached hydrogens (tertiary/aromatic N) is 2. The monoisotopic (exact) mass is 232 g/mol. The summed E-state index contributed by atoms with van der Waals surface area (Å²) in [6, 6.07) is 3.69. The van der Waals surface area contributed by atoms with Gasteiger partial charge in [0.25, 0.3) is 0 Å². The molecule has 1 aliphatic heterocycles. The summed E-state index contributed by atoms with van der Waals surface area (Å²) in [6.45, 7) is 6.67. The fourth-order valence-electron chi connectivity index (χ4n) is 2.23. The van der Waals surface area contributed by atoms with Gasteiger partial charge in [0, 0.05) is 24.8 Å². The summed E-state index contributed by atoms with van der Waals surface area (Å²) < 4.78 is 0. The van der Waals surface area contributed by atoms with Gasteiger partial charge in [0.2, 0.25) is 0 Å². The molecule has 0 spiro atoms. The highest BCUT2D eigenvalue weighted by atomic mass is 15.2. The molecule has 2 rings (SSSR count). The third kappa shape index (κ3) is 2.57. The molecule has 0 saturated carbocycles. The second kappa shape index (κ2) is 4.73. The highest BCUT2D eigenvalue weighted by molar-refractivity contribution is 5.95. The van der Waals surface area contributed by atoms with Crippen LogP contribution in [0, 0.1) is 17.2 Å². The predicted molar refractivity (Wildman–Crippen MR) is 70.4 cm³/mol. The Kier molecular flexibility index (Phi) is 3.31. The van der Waals surface area contributed by atoms with Crippen LogP contribution in [-0.4, -0.2) is 23.9 Å². The van der Waals surface area contributed by atoms with Crippen molar-refractivity contribution in [3.8, 4) is 0 Å². The van der Waals surface area contributed by atoms with E-state index in [1.165, 1.54) is 6.42 Å². The van der Waals surface area contributed by atoms with Crippen LogP contribution in [0.5, 0.6) is 0 Å². The molecule has 1 aliphatic rings. The van der Waals surface area contributed by atoms with Crippen molar-refractivity contribution in [2.24, 2.45) is 17.6 Å². The van der Waals surface area contributed by atoms with Gasteiger partial charge < -0.3 is 10.6 Å². The van der Waals surface area contributed by atoms with E-state index in [4.69, 9.17) is 11.1 Å². The third-order valence-electron chi connectivity index (χ3n) is 3.71.